The van der Waals surface area contributed by atoms with E-state index in [1.54, 1.807) is 17.4 Å². The van der Waals surface area contributed by atoms with Gasteiger partial charge in [-0.1, -0.05) is 61.9 Å². The average molecular weight is 463 g/mol. The molecule has 1 atom stereocenters. The Hall–Kier alpha value is -2.92. The molecule has 0 aliphatic carbocycles. The normalized spacial score (nSPS) is 16.7. The summed E-state index contributed by atoms with van der Waals surface area (Å²) in [7, 11) is 0. The lowest BCUT2D eigenvalue weighted by Crippen LogP contribution is -2.31. The Bertz CT molecular complexity index is 1180. The summed E-state index contributed by atoms with van der Waals surface area (Å²) in [5, 5.41) is 5.59. The summed E-state index contributed by atoms with van der Waals surface area (Å²) in [6, 6.07) is 16.9. The third kappa shape index (κ3) is 5.36. The molecule has 1 fully saturated rings. The third-order valence-electron chi connectivity index (χ3n) is 6.31. The van der Waals surface area contributed by atoms with Crippen molar-refractivity contribution in [2.24, 2.45) is 5.92 Å². The predicted molar refractivity (Wildman–Crippen MR) is 138 cm³/mol. The number of likely N-dealkylation sites (tertiary alicyclic amines) is 1. The van der Waals surface area contributed by atoms with Gasteiger partial charge >= 0.3 is 0 Å². The molecule has 0 unspecified atom stereocenters. The van der Waals surface area contributed by atoms with Crippen molar-refractivity contribution in [2.45, 2.75) is 33.1 Å². The fourth-order valence-corrected chi connectivity index (χ4v) is 5.53. The number of carbonyl (C=O) groups is 1. The van der Waals surface area contributed by atoms with Gasteiger partial charge in [0.25, 0.3) is 5.91 Å². The van der Waals surface area contributed by atoms with Gasteiger partial charge < -0.3 is 10.2 Å². The fourth-order valence-electron chi connectivity index (χ4n) is 4.53. The minimum Gasteiger partial charge on any atom is -0.377 e. The van der Waals surface area contributed by atoms with E-state index in [9.17, 15) is 9.18 Å². The summed E-state index contributed by atoms with van der Waals surface area (Å²) < 4.78 is 14.4. The number of nitrogens with one attached hydrogen (secondary N) is 1. The molecule has 172 valence electrons. The molecule has 5 heteroatoms. The van der Waals surface area contributed by atoms with Crippen LogP contribution < -0.4 is 5.32 Å². The molecule has 1 aromatic heterocycles. The number of halogens is 1. The first-order valence-electron chi connectivity index (χ1n) is 11.6. The summed E-state index contributed by atoms with van der Waals surface area (Å²) in [6.07, 6.45) is 2.85. The van der Waals surface area contributed by atoms with Gasteiger partial charge in [-0.05, 0) is 60.4 Å². The Morgan fingerprint density at radius 3 is 2.76 bits per heavy atom. The van der Waals surface area contributed by atoms with Crippen molar-refractivity contribution < 1.29 is 9.18 Å². The van der Waals surface area contributed by atoms with Gasteiger partial charge in [0.15, 0.2) is 0 Å². The van der Waals surface area contributed by atoms with E-state index in [4.69, 9.17) is 0 Å². The van der Waals surface area contributed by atoms with Crippen LogP contribution in [0.5, 0.6) is 0 Å². The van der Waals surface area contributed by atoms with Crippen LogP contribution in [-0.4, -0.2) is 30.4 Å². The van der Waals surface area contributed by atoms with Gasteiger partial charge in [-0.3, -0.25) is 4.79 Å². The lowest BCUT2D eigenvalue weighted by molar-refractivity contribution is -0.125. The summed E-state index contributed by atoms with van der Waals surface area (Å²) in [6.45, 7) is 10.8. The van der Waals surface area contributed by atoms with Crippen molar-refractivity contribution in [3.8, 4) is 0 Å². The second-order valence-corrected chi connectivity index (χ2v) is 9.91. The fraction of sp³-hybridized carbons (Fsp3) is 0.321. The second kappa shape index (κ2) is 10.3. The number of nitrogens with zero attached hydrogens (tertiary/aromatic N) is 1. The van der Waals surface area contributed by atoms with E-state index in [2.05, 4.69) is 31.8 Å². The summed E-state index contributed by atoms with van der Waals surface area (Å²) in [5.74, 6) is 0.267. The minimum absolute atomic E-state index is 0.0923. The lowest BCUT2D eigenvalue weighted by atomic mass is 9.93. The Labute approximate surface area is 199 Å². The summed E-state index contributed by atoms with van der Waals surface area (Å²) in [5.41, 5.74) is 3.68. The lowest BCUT2D eigenvalue weighted by Gasteiger charge is -2.22. The SMILES string of the molecule is C=C(/C(C(=O)N1CC[C@@H](CNc2cc3ccc(F)cc3s2)C1)=C(/C)CCC)c1ccccc1. The molecule has 1 amide bonds. The van der Waals surface area contributed by atoms with Crippen LogP contribution in [0.4, 0.5) is 9.39 Å². The van der Waals surface area contributed by atoms with Crippen molar-refractivity contribution >= 4 is 37.9 Å². The van der Waals surface area contributed by atoms with Crippen LogP contribution >= 0.6 is 11.3 Å². The Morgan fingerprint density at radius 1 is 1.21 bits per heavy atom. The summed E-state index contributed by atoms with van der Waals surface area (Å²) >= 11 is 1.57. The number of hydrogen-bond acceptors (Lipinski definition) is 3. The van der Waals surface area contributed by atoms with Crippen LogP contribution in [0, 0.1) is 11.7 Å². The zero-order valence-corrected chi connectivity index (χ0v) is 20.2. The van der Waals surface area contributed by atoms with Crippen LogP contribution in [0.15, 0.2) is 72.3 Å². The van der Waals surface area contributed by atoms with Gasteiger partial charge in [-0.25, -0.2) is 4.39 Å². The molecule has 2 aromatic carbocycles. The van der Waals surface area contributed by atoms with E-state index in [0.29, 0.717) is 5.92 Å². The highest BCUT2D eigenvalue weighted by Gasteiger charge is 2.30. The Kier molecular flexibility index (Phi) is 7.29. The standard InChI is InChI=1S/C28H31FN2OS/c1-4-8-19(2)27(20(3)22-9-6-5-7-10-22)28(32)31-14-13-21(18-31)17-30-26-15-23-11-12-24(29)16-25(23)33-26/h5-7,9-12,15-16,21,30H,3-4,8,13-14,17-18H2,1-2H3/b27-19+/t21-/m0/s1. The van der Waals surface area contributed by atoms with Crippen LogP contribution in [0.2, 0.25) is 0 Å². The number of thiophene rings is 1. The van der Waals surface area contributed by atoms with Crippen LogP contribution in [0.3, 0.4) is 0 Å². The molecular formula is C28H31FN2OS. The molecule has 2 heterocycles. The maximum Gasteiger partial charge on any atom is 0.254 e. The van der Waals surface area contributed by atoms with E-state index in [0.717, 1.165) is 76.3 Å². The summed E-state index contributed by atoms with van der Waals surface area (Å²) in [4.78, 5) is 15.6. The molecule has 0 bridgehead atoms. The molecule has 3 nitrogen and oxygen atoms in total. The number of benzene rings is 2. The topological polar surface area (TPSA) is 32.3 Å². The molecule has 0 radical (unpaired) electrons. The first-order valence-corrected chi connectivity index (χ1v) is 12.4. The highest BCUT2D eigenvalue weighted by atomic mass is 32.1. The number of anilines is 1. The minimum atomic E-state index is -0.208. The number of rotatable bonds is 8. The Balaban J connectivity index is 1.43. The van der Waals surface area contributed by atoms with E-state index in [1.165, 1.54) is 6.07 Å². The predicted octanol–water partition coefficient (Wildman–Crippen LogP) is 7.13. The molecule has 3 aromatic rings. The van der Waals surface area contributed by atoms with E-state index < -0.39 is 0 Å². The van der Waals surface area contributed by atoms with Crippen molar-refractivity contribution in [1.82, 2.24) is 4.90 Å². The number of hydrogen-bond donors (Lipinski definition) is 1. The number of allylic oxidation sites excluding steroid dienone is 1. The number of carbonyl (C=O) groups excluding carboxylic acids is 1. The van der Waals surface area contributed by atoms with Gasteiger partial charge in [0.2, 0.25) is 0 Å². The third-order valence-corrected chi connectivity index (χ3v) is 7.37. The zero-order valence-electron chi connectivity index (χ0n) is 19.4. The molecular weight excluding hydrogens is 431 g/mol. The molecule has 33 heavy (non-hydrogen) atoms. The second-order valence-electron chi connectivity index (χ2n) is 8.83. The number of amides is 1. The van der Waals surface area contributed by atoms with Gasteiger partial charge in [-0.15, -0.1) is 11.3 Å². The maximum absolute atomic E-state index is 13.6. The highest BCUT2D eigenvalue weighted by Crippen LogP contribution is 2.32. The monoisotopic (exact) mass is 462 g/mol. The Morgan fingerprint density at radius 2 is 2.00 bits per heavy atom. The van der Waals surface area contributed by atoms with Crippen molar-refractivity contribution in [1.29, 1.82) is 0 Å². The first kappa shape index (κ1) is 23.2. The van der Waals surface area contributed by atoms with Crippen LogP contribution in [0.1, 0.15) is 38.7 Å². The average Bonchev–Trinajstić information content (AvgIpc) is 3.45. The molecule has 0 spiro atoms. The molecule has 1 aliphatic rings. The smallest absolute Gasteiger partial charge is 0.254 e. The molecule has 1 aliphatic heterocycles. The van der Waals surface area contributed by atoms with E-state index in [1.807, 2.05) is 41.3 Å². The number of fused-ring (bicyclic) bond motifs is 1. The van der Waals surface area contributed by atoms with Crippen molar-refractivity contribution in [3.63, 3.8) is 0 Å². The maximum atomic E-state index is 13.6. The molecule has 0 saturated carbocycles. The van der Waals surface area contributed by atoms with Crippen molar-refractivity contribution in [3.05, 3.63) is 83.7 Å². The first-order chi connectivity index (χ1) is 16.0. The van der Waals surface area contributed by atoms with Crippen molar-refractivity contribution in [2.75, 3.05) is 25.0 Å². The van der Waals surface area contributed by atoms with Gasteiger partial charge in [-0.2, -0.15) is 0 Å². The largest absolute Gasteiger partial charge is 0.377 e. The van der Waals surface area contributed by atoms with E-state index in [-0.39, 0.29) is 11.7 Å². The van der Waals surface area contributed by atoms with Gasteiger partial charge in [0.1, 0.15) is 5.82 Å². The molecule has 4 rings (SSSR count). The zero-order chi connectivity index (χ0) is 23.4. The molecule has 1 saturated heterocycles. The van der Waals surface area contributed by atoms with Crippen LogP contribution in [-0.2, 0) is 4.79 Å². The van der Waals surface area contributed by atoms with Crippen LogP contribution in [0.25, 0.3) is 15.7 Å². The highest BCUT2D eigenvalue weighted by molar-refractivity contribution is 7.22. The van der Waals surface area contributed by atoms with Gasteiger partial charge in [0.05, 0.1) is 5.00 Å². The molecule has 1 N–H and O–H groups in total. The van der Waals surface area contributed by atoms with E-state index >= 15 is 0 Å². The quantitative estimate of drug-likeness (QED) is 0.285. The van der Waals surface area contributed by atoms with Gasteiger partial charge in [0, 0.05) is 29.9 Å².